The van der Waals surface area contributed by atoms with Crippen molar-refractivity contribution in [3.05, 3.63) is 36.2 Å². The van der Waals surface area contributed by atoms with Gasteiger partial charge in [0.1, 0.15) is 6.33 Å². The number of nitrogens with one attached hydrogen (secondary N) is 2. The molecular formula is C19H25N5O2S. The van der Waals surface area contributed by atoms with Crippen molar-refractivity contribution < 1.29 is 9.59 Å². The van der Waals surface area contributed by atoms with Crippen LogP contribution in [-0.4, -0.2) is 38.4 Å². The normalized spacial score (nSPS) is 19.5. The summed E-state index contributed by atoms with van der Waals surface area (Å²) in [4.78, 5) is 24.5. The molecule has 0 bridgehead atoms. The van der Waals surface area contributed by atoms with Crippen molar-refractivity contribution >= 4 is 29.3 Å². The van der Waals surface area contributed by atoms with E-state index in [1.165, 1.54) is 31.0 Å². The molecular weight excluding hydrogens is 362 g/mol. The Bertz CT molecular complexity index is 790. The van der Waals surface area contributed by atoms with E-state index in [1.807, 2.05) is 7.05 Å². The van der Waals surface area contributed by atoms with Gasteiger partial charge in [-0.3, -0.25) is 9.59 Å². The van der Waals surface area contributed by atoms with E-state index in [-0.39, 0.29) is 23.6 Å². The van der Waals surface area contributed by atoms with E-state index in [0.717, 1.165) is 6.42 Å². The van der Waals surface area contributed by atoms with Crippen LogP contribution >= 0.6 is 11.8 Å². The van der Waals surface area contributed by atoms with Crippen molar-refractivity contribution in [1.29, 1.82) is 0 Å². The summed E-state index contributed by atoms with van der Waals surface area (Å²) in [5.74, 6) is 0.585. The average molecular weight is 388 g/mol. The van der Waals surface area contributed by atoms with Crippen molar-refractivity contribution in [3.63, 3.8) is 0 Å². The van der Waals surface area contributed by atoms with E-state index in [2.05, 4.69) is 27.8 Å². The Morgan fingerprint density at radius 3 is 2.63 bits per heavy atom. The molecule has 2 atom stereocenters. The second-order valence-corrected chi connectivity index (χ2v) is 7.92. The number of nitrogens with zero attached hydrogens (tertiary/aromatic N) is 3. The minimum atomic E-state index is -0.128. The molecule has 2 N–H and O–H groups in total. The van der Waals surface area contributed by atoms with Gasteiger partial charge in [-0.2, -0.15) is 0 Å². The van der Waals surface area contributed by atoms with Crippen LogP contribution in [0.1, 0.15) is 43.0 Å². The smallest absolute Gasteiger partial charge is 0.251 e. The summed E-state index contributed by atoms with van der Waals surface area (Å²) < 4.78 is 1.76. The first-order valence-electron chi connectivity index (χ1n) is 9.20. The summed E-state index contributed by atoms with van der Waals surface area (Å²) in [7, 11) is 1.83. The van der Waals surface area contributed by atoms with Crippen LogP contribution in [0, 0.1) is 5.92 Å². The Kier molecular flexibility index (Phi) is 6.49. The van der Waals surface area contributed by atoms with Crippen LogP contribution in [0.3, 0.4) is 0 Å². The van der Waals surface area contributed by atoms with Crippen molar-refractivity contribution in [2.75, 3.05) is 11.1 Å². The monoisotopic (exact) mass is 387 g/mol. The number of amides is 2. The molecule has 1 heterocycles. The number of rotatable bonds is 6. The van der Waals surface area contributed by atoms with Gasteiger partial charge in [0.25, 0.3) is 5.91 Å². The molecule has 0 aliphatic heterocycles. The van der Waals surface area contributed by atoms with E-state index < -0.39 is 0 Å². The first-order valence-corrected chi connectivity index (χ1v) is 10.2. The summed E-state index contributed by atoms with van der Waals surface area (Å²) in [5.41, 5.74) is 1.28. The molecule has 1 aliphatic rings. The van der Waals surface area contributed by atoms with Crippen LogP contribution in [0.2, 0.25) is 0 Å². The lowest BCUT2D eigenvalue weighted by molar-refractivity contribution is -0.113. The highest BCUT2D eigenvalue weighted by Gasteiger charge is 2.23. The van der Waals surface area contributed by atoms with Gasteiger partial charge in [-0.05, 0) is 43.0 Å². The minimum Gasteiger partial charge on any atom is -0.349 e. The van der Waals surface area contributed by atoms with Gasteiger partial charge in [-0.25, -0.2) is 0 Å². The van der Waals surface area contributed by atoms with Gasteiger partial charge in [-0.15, -0.1) is 10.2 Å². The van der Waals surface area contributed by atoms with E-state index in [4.69, 9.17) is 0 Å². The molecule has 1 saturated carbocycles. The van der Waals surface area contributed by atoms with Gasteiger partial charge in [0.2, 0.25) is 5.91 Å². The van der Waals surface area contributed by atoms with Gasteiger partial charge in [0.05, 0.1) is 5.75 Å². The lowest BCUT2D eigenvalue weighted by Gasteiger charge is -2.29. The minimum absolute atomic E-state index is 0.0514. The molecule has 1 aromatic heterocycles. The van der Waals surface area contributed by atoms with Crippen LogP contribution < -0.4 is 10.6 Å². The summed E-state index contributed by atoms with van der Waals surface area (Å²) in [5, 5.41) is 14.4. The number of carbonyl (C=O) groups is 2. The highest BCUT2D eigenvalue weighted by atomic mass is 32.2. The average Bonchev–Trinajstić information content (AvgIpc) is 3.07. The maximum absolute atomic E-state index is 12.4. The predicted molar refractivity (Wildman–Crippen MR) is 106 cm³/mol. The summed E-state index contributed by atoms with van der Waals surface area (Å²) in [6.45, 7) is 2.20. The molecule has 1 fully saturated rings. The maximum Gasteiger partial charge on any atom is 0.251 e. The Morgan fingerprint density at radius 1 is 1.22 bits per heavy atom. The van der Waals surface area contributed by atoms with Crippen molar-refractivity contribution in [2.45, 2.75) is 43.8 Å². The summed E-state index contributed by atoms with van der Waals surface area (Å²) in [6, 6.07) is 7.25. The molecule has 2 aromatic rings. The van der Waals surface area contributed by atoms with E-state index in [0.29, 0.717) is 22.3 Å². The molecule has 3 rings (SSSR count). The fourth-order valence-electron chi connectivity index (χ4n) is 3.22. The molecule has 144 valence electrons. The Morgan fingerprint density at radius 2 is 1.96 bits per heavy atom. The quantitative estimate of drug-likeness (QED) is 0.744. The number of benzene rings is 1. The lowest BCUT2D eigenvalue weighted by atomic mass is 9.86. The van der Waals surface area contributed by atoms with Gasteiger partial charge in [0.15, 0.2) is 5.16 Å². The third kappa shape index (κ3) is 5.32. The van der Waals surface area contributed by atoms with Gasteiger partial charge in [0, 0.05) is 24.3 Å². The zero-order valence-electron chi connectivity index (χ0n) is 15.6. The van der Waals surface area contributed by atoms with E-state index >= 15 is 0 Å². The molecule has 0 unspecified atom stereocenters. The number of hydrogen-bond donors (Lipinski definition) is 2. The molecule has 27 heavy (non-hydrogen) atoms. The molecule has 7 nitrogen and oxygen atoms in total. The van der Waals surface area contributed by atoms with Crippen LogP contribution in [-0.2, 0) is 11.8 Å². The lowest BCUT2D eigenvalue weighted by Crippen LogP contribution is -2.41. The molecule has 0 radical (unpaired) electrons. The largest absolute Gasteiger partial charge is 0.349 e. The number of thioether (sulfide) groups is 1. The number of hydrogen-bond acceptors (Lipinski definition) is 5. The topological polar surface area (TPSA) is 88.9 Å². The zero-order chi connectivity index (χ0) is 19.2. The van der Waals surface area contributed by atoms with Crippen molar-refractivity contribution in [1.82, 2.24) is 20.1 Å². The number of aromatic nitrogens is 3. The number of aryl methyl sites for hydroxylation is 1. The first-order chi connectivity index (χ1) is 13.0. The molecule has 0 saturated heterocycles. The van der Waals surface area contributed by atoms with Gasteiger partial charge in [-0.1, -0.05) is 31.5 Å². The molecule has 2 amide bonds. The van der Waals surface area contributed by atoms with E-state index in [9.17, 15) is 9.59 Å². The van der Waals surface area contributed by atoms with Crippen LogP contribution in [0.25, 0.3) is 0 Å². The molecule has 8 heteroatoms. The van der Waals surface area contributed by atoms with E-state index in [1.54, 1.807) is 35.2 Å². The second-order valence-electron chi connectivity index (χ2n) is 6.98. The maximum atomic E-state index is 12.4. The van der Waals surface area contributed by atoms with Crippen LogP contribution in [0.15, 0.2) is 35.7 Å². The number of anilines is 1. The summed E-state index contributed by atoms with van der Waals surface area (Å²) in [6.07, 6.45) is 6.23. The van der Waals surface area contributed by atoms with Gasteiger partial charge < -0.3 is 15.2 Å². The third-order valence-corrected chi connectivity index (χ3v) is 5.90. The fourth-order valence-corrected chi connectivity index (χ4v) is 3.91. The fraction of sp³-hybridized carbons (Fsp3) is 0.474. The summed E-state index contributed by atoms with van der Waals surface area (Å²) >= 11 is 1.32. The van der Waals surface area contributed by atoms with Crippen LogP contribution in [0.5, 0.6) is 0 Å². The standard InChI is InChI=1S/C19H25N5O2S/c1-13-5-3-4-6-16(13)22-18(26)14-7-9-15(10-8-14)21-17(25)11-27-19-23-20-12-24(19)2/h7-10,12-13,16H,3-6,11H2,1-2H3,(H,21,25)(H,22,26)/t13-,16-/m0/s1. The predicted octanol–water partition coefficient (Wildman–Crippen LogP) is 2.85. The molecule has 1 aliphatic carbocycles. The highest BCUT2D eigenvalue weighted by molar-refractivity contribution is 7.99. The van der Waals surface area contributed by atoms with Crippen molar-refractivity contribution in [3.8, 4) is 0 Å². The SMILES string of the molecule is C[C@H]1CCCC[C@@H]1NC(=O)c1ccc(NC(=O)CSc2nncn2C)cc1. The van der Waals surface area contributed by atoms with Crippen molar-refractivity contribution in [2.24, 2.45) is 13.0 Å². The Hall–Kier alpha value is -2.35. The van der Waals surface area contributed by atoms with Crippen LogP contribution in [0.4, 0.5) is 5.69 Å². The third-order valence-electron chi connectivity index (χ3n) is 4.86. The Balaban J connectivity index is 1.49. The second kappa shape index (κ2) is 9.03. The first kappa shape index (κ1) is 19.4. The molecule has 1 aromatic carbocycles. The molecule has 0 spiro atoms. The van der Waals surface area contributed by atoms with Gasteiger partial charge >= 0.3 is 0 Å². The Labute approximate surface area is 163 Å². The zero-order valence-corrected chi connectivity index (χ0v) is 16.5. The number of carbonyl (C=O) groups excluding carboxylic acids is 2. The highest BCUT2D eigenvalue weighted by Crippen LogP contribution is 2.24.